The highest BCUT2D eigenvalue weighted by molar-refractivity contribution is 5.92. The molecule has 2 aromatic rings. The Hall–Kier alpha value is -2.97. The summed E-state index contributed by atoms with van der Waals surface area (Å²) in [6.07, 6.45) is 7.94. The number of carbonyl (C=O) groups is 2. The van der Waals surface area contributed by atoms with Gasteiger partial charge in [-0.15, -0.1) is 0 Å². The van der Waals surface area contributed by atoms with E-state index in [1.165, 1.54) is 6.20 Å². The Morgan fingerprint density at radius 3 is 2.79 bits per heavy atom. The van der Waals surface area contributed by atoms with Crippen molar-refractivity contribution in [2.24, 2.45) is 5.41 Å². The number of aryl methyl sites for hydroxylation is 1. The third-order valence-corrected chi connectivity index (χ3v) is 5.71. The van der Waals surface area contributed by atoms with Crippen molar-refractivity contribution in [2.75, 3.05) is 19.6 Å². The van der Waals surface area contributed by atoms with Gasteiger partial charge in [-0.25, -0.2) is 4.79 Å². The SMILES string of the molecule is Cc1cnc(CN2CC3(CCCN(C(=O)c4c[nH]c(=O)[nH]4)C3)CCC2=O)cn1. The number of hydrogen-bond donors (Lipinski definition) is 2. The van der Waals surface area contributed by atoms with Crippen LogP contribution < -0.4 is 5.69 Å². The molecule has 1 spiro atoms. The second kappa shape index (κ2) is 7.21. The molecule has 2 saturated heterocycles. The number of carbonyl (C=O) groups excluding carboxylic acids is 2. The van der Waals surface area contributed by atoms with Crippen LogP contribution in [0.3, 0.4) is 0 Å². The number of likely N-dealkylation sites (tertiary alicyclic amines) is 2. The van der Waals surface area contributed by atoms with Crippen molar-refractivity contribution in [2.45, 2.75) is 39.2 Å². The molecule has 28 heavy (non-hydrogen) atoms. The number of aromatic amines is 2. The van der Waals surface area contributed by atoms with Gasteiger partial charge < -0.3 is 19.8 Å². The lowest BCUT2D eigenvalue weighted by atomic mass is 9.73. The molecule has 0 aromatic carbocycles. The molecule has 2 aliphatic heterocycles. The zero-order chi connectivity index (χ0) is 19.7. The fourth-order valence-electron chi connectivity index (χ4n) is 4.28. The van der Waals surface area contributed by atoms with Crippen LogP contribution in [0, 0.1) is 12.3 Å². The summed E-state index contributed by atoms with van der Waals surface area (Å²) in [6.45, 7) is 4.17. The first kappa shape index (κ1) is 18.4. The summed E-state index contributed by atoms with van der Waals surface area (Å²) in [4.78, 5) is 53.8. The van der Waals surface area contributed by atoms with Gasteiger partial charge in [0.25, 0.3) is 5.91 Å². The van der Waals surface area contributed by atoms with E-state index in [1.807, 2.05) is 11.8 Å². The lowest BCUT2D eigenvalue weighted by Gasteiger charge is -2.48. The van der Waals surface area contributed by atoms with Crippen LogP contribution in [0.1, 0.15) is 47.6 Å². The lowest BCUT2D eigenvalue weighted by molar-refractivity contribution is -0.139. The fraction of sp³-hybridized carbons (Fsp3) is 0.526. The molecule has 0 aliphatic carbocycles. The summed E-state index contributed by atoms with van der Waals surface area (Å²) in [7, 11) is 0. The van der Waals surface area contributed by atoms with Gasteiger partial charge in [-0.05, 0) is 26.2 Å². The second-order valence-electron chi connectivity index (χ2n) is 7.89. The Labute approximate surface area is 162 Å². The zero-order valence-corrected chi connectivity index (χ0v) is 15.9. The predicted octanol–water partition coefficient (Wildman–Crippen LogP) is 0.846. The van der Waals surface area contributed by atoms with Crippen LogP contribution >= 0.6 is 0 Å². The van der Waals surface area contributed by atoms with E-state index in [0.29, 0.717) is 32.6 Å². The van der Waals surface area contributed by atoms with E-state index in [4.69, 9.17) is 0 Å². The maximum absolute atomic E-state index is 12.7. The van der Waals surface area contributed by atoms with E-state index >= 15 is 0 Å². The number of hydrogen-bond acceptors (Lipinski definition) is 5. The van der Waals surface area contributed by atoms with Crippen LogP contribution in [0.4, 0.5) is 0 Å². The van der Waals surface area contributed by atoms with E-state index in [-0.39, 0.29) is 28.6 Å². The fourth-order valence-corrected chi connectivity index (χ4v) is 4.28. The Morgan fingerprint density at radius 2 is 2.07 bits per heavy atom. The molecule has 148 valence electrons. The number of aromatic nitrogens is 4. The first-order valence-electron chi connectivity index (χ1n) is 9.56. The molecule has 2 amide bonds. The standard InChI is InChI=1S/C19H24N6O3/c1-13-7-21-14(8-20-13)10-25-12-19(5-3-16(25)26)4-2-6-24(11-19)17(27)15-9-22-18(28)23-15/h7-9H,2-6,10-12H2,1H3,(H2,22,23,28). The van der Waals surface area contributed by atoms with Crippen LogP contribution in [0.2, 0.25) is 0 Å². The molecule has 2 fully saturated rings. The van der Waals surface area contributed by atoms with Crippen LogP contribution in [0.5, 0.6) is 0 Å². The monoisotopic (exact) mass is 384 g/mol. The maximum Gasteiger partial charge on any atom is 0.323 e. The third-order valence-electron chi connectivity index (χ3n) is 5.71. The summed E-state index contributed by atoms with van der Waals surface area (Å²) >= 11 is 0. The molecule has 9 nitrogen and oxygen atoms in total. The molecule has 0 bridgehead atoms. The molecule has 0 radical (unpaired) electrons. The Morgan fingerprint density at radius 1 is 1.21 bits per heavy atom. The van der Waals surface area contributed by atoms with Gasteiger partial charge in [0, 0.05) is 43.9 Å². The highest BCUT2D eigenvalue weighted by Crippen LogP contribution is 2.39. The Kier molecular flexibility index (Phi) is 4.74. The highest BCUT2D eigenvalue weighted by atomic mass is 16.2. The average molecular weight is 384 g/mol. The van der Waals surface area contributed by atoms with Crippen LogP contribution in [-0.4, -0.2) is 61.2 Å². The van der Waals surface area contributed by atoms with Gasteiger partial charge in [0.2, 0.25) is 5.91 Å². The highest BCUT2D eigenvalue weighted by Gasteiger charge is 2.43. The minimum Gasteiger partial charge on any atom is -0.337 e. The van der Waals surface area contributed by atoms with Gasteiger partial charge in [-0.3, -0.25) is 19.6 Å². The summed E-state index contributed by atoms with van der Waals surface area (Å²) < 4.78 is 0. The average Bonchev–Trinajstić information content (AvgIpc) is 3.13. The number of H-pyrrole nitrogens is 2. The summed E-state index contributed by atoms with van der Waals surface area (Å²) in [5, 5.41) is 0. The molecule has 2 N–H and O–H groups in total. The first-order chi connectivity index (χ1) is 13.4. The number of piperidine rings is 2. The lowest BCUT2D eigenvalue weighted by Crippen LogP contribution is -2.55. The van der Waals surface area contributed by atoms with Gasteiger partial charge in [0.05, 0.1) is 24.1 Å². The first-order valence-corrected chi connectivity index (χ1v) is 9.56. The molecule has 9 heteroatoms. The molecule has 4 heterocycles. The minimum atomic E-state index is -0.385. The summed E-state index contributed by atoms with van der Waals surface area (Å²) in [5.74, 6) is -0.0586. The molecule has 1 unspecified atom stereocenters. The van der Waals surface area contributed by atoms with Crippen molar-refractivity contribution in [1.29, 1.82) is 0 Å². The smallest absolute Gasteiger partial charge is 0.323 e. The van der Waals surface area contributed by atoms with E-state index in [9.17, 15) is 14.4 Å². The quantitative estimate of drug-likeness (QED) is 0.814. The van der Waals surface area contributed by atoms with Crippen molar-refractivity contribution in [3.63, 3.8) is 0 Å². The van der Waals surface area contributed by atoms with Gasteiger partial charge in [0.1, 0.15) is 5.69 Å². The maximum atomic E-state index is 12.7. The van der Waals surface area contributed by atoms with Crippen molar-refractivity contribution in [3.8, 4) is 0 Å². The molecular formula is C19H24N6O3. The van der Waals surface area contributed by atoms with E-state index in [2.05, 4.69) is 19.9 Å². The van der Waals surface area contributed by atoms with Crippen LogP contribution in [0.25, 0.3) is 0 Å². The number of rotatable bonds is 3. The number of imidazole rings is 1. The largest absolute Gasteiger partial charge is 0.337 e. The molecule has 1 atom stereocenters. The van der Waals surface area contributed by atoms with Crippen molar-refractivity contribution < 1.29 is 9.59 Å². The van der Waals surface area contributed by atoms with Gasteiger partial charge in [0.15, 0.2) is 0 Å². The van der Waals surface area contributed by atoms with E-state index in [1.54, 1.807) is 17.3 Å². The third kappa shape index (κ3) is 3.69. The normalized spacial score (nSPS) is 22.7. The molecular weight excluding hydrogens is 360 g/mol. The molecule has 2 aliphatic rings. The van der Waals surface area contributed by atoms with Crippen molar-refractivity contribution >= 4 is 11.8 Å². The zero-order valence-electron chi connectivity index (χ0n) is 15.9. The summed E-state index contributed by atoms with van der Waals surface area (Å²) in [6, 6.07) is 0. The second-order valence-corrected chi connectivity index (χ2v) is 7.89. The summed E-state index contributed by atoms with van der Waals surface area (Å²) in [5.41, 5.74) is 1.39. The number of nitrogens with one attached hydrogen (secondary N) is 2. The van der Waals surface area contributed by atoms with Gasteiger partial charge in [-0.2, -0.15) is 0 Å². The predicted molar refractivity (Wildman–Crippen MR) is 100 cm³/mol. The van der Waals surface area contributed by atoms with Crippen LogP contribution in [-0.2, 0) is 11.3 Å². The minimum absolute atomic E-state index is 0.115. The van der Waals surface area contributed by atoms with Crippen molar-refractivity contribution in [1.82, 2.24) is 29.7 Å². The van der Waals surface area contributed by atoms with E-state index < -0.39 is 0 Å². The van der Waals surface area contributed by atoms with E-state index in [0.717, 1.165) is 30.7 Å². The van der Waals surface area contributed by atoms with Crippen LogP contribution in [0.15, 0.2) is 23.4 Å². The number of nitrogens with zero attached hydrogens (tertiary/aromatic N) is 4. The molecule has 2 aromatic heterocycles. The Balaban J connectivity index is 1.48. The number of amides is 2. The Bertz CT molecular complexity index is 934. The van der Waals surface area contributed by atoms with Gasteiger partial charge in [-0.1, -0.05) is 0 Å². The molecule has 0 saturated carbocycles. The van der Waals surface area contributed by atoms with Crippen molar-refractivity contribution in [3.05, 3.63) is 46.2 Å². The topological polar surface area (TPSA) is 115 Å². The van der Waals surface area contributed by atoms with Gasteiger partial charge >= 0.3 is 5.69 Å². The molecule has 4 rings (SSSR count).